The van der Waals surface area contributed by atoms with Gasteiger partial charge in [-0.05, 0) is 52.6 Å². The van der Waals surface area contributed by atoms with Crippen LogP contribution in [0, 0.1) is 0 Å². The van der Waals surface area contributed by atoms with Crippen LogP contribution < -0.4 is 0 Å². The Kier molecular flexibility index (Phi) is 4.90. The lowest BCUT2D eigenvalue weighted by Crippen LogP contribution is -2.49. The van der Waals surface area contributed by atoms with Crippen LogP contribution in [-0.2, 0) is 10.0 Å². The highest BCUT2D eigenvalue weighted by molar-refractivity contribution is 7.89. The lowest BCUT2D eigenvalue weighted by molar-refractivity contribution is 0.158. The molecule has 0 spiro atoms. The molecule has 33 heavy (non-hydrogen) atoms. The Morgan fingerprint density at radius 2 is 1.33 bits per heavy atom. The maximum Gasteiger partial charge on any atom is 0.243 e. The zero-order chi connectivity index (χ0) is 22.4. The molecule has 3 aromatic carbocycles. The van der Waals surface area contributed by atoms with Crippen molar-refractivity contribution in [1.29, 1.82) is 0 Å². The molecule has 1 aliphatic carbocycles. The van der Waals surface area contributed by atoms with Crippen LogP contribution >= 0.6 is 0 Å². The van der Waals surface area contributed by atoms with Gasteiger partial charge in [-0.3, -0.25) is 4.90 Å². The number of fused-ring (bicyclic) bond motifs is 3. The van der Waals surface area contributed by atoms with Crippen LogP contribution in [-0.4, -0.2) is 53.6 Å². The lowest BCUT2D eigenvalue weighted by Gasteiger charge is -2.38. The van der Waals surface area contributed by atoms with Gasteiger partial charge in [-0.15, -0.1) is 0 Å². The third kappa shape index (κ3) is 3.40. The predicted molar refractivity (Wildman–Crippen MR) is 128 cm³/mol. The Hall–Kier alpha value is -3.26. The van der Waals surface area contributed by atoms with Crippen LogP contribution in [0.15, 0.2) is 96.2 Å². The molecule has 0 unspecified atom stereocenters. The van der Waals surface area contributed by atoms with Crippen molar-refractivity contribution in [2.75, 3.05) is 26.2 Å². The fraction of sp³-hybridized carbons (Fsp3) is 0.192. The van der Waals surface area contributed by atoms with Gasteiger partial charge in [-0.1, -0.05) is 48.5 Å². The molecule has 166 valence electrons. The summed E-state index contributed by atoms with van der Waals surface area (Å²) >= 11 is 0. The number of piperazine rings is 1. The second kappa shape index (κ2) is 7.95. The fourth-order valence-electron chi connectivity index (χ4n) is 5.07. The number of nitrogens with zero attached hydrogens (tertiary/aromatic N) is 4. The molecule has 4 aromatic rings. The van der Waals surface area contributed by atoms with Gasteiger partial charge in [0.2, 0.25) is 10.0 Å². The highest BCUT2D eigenvalue weighted by atomic mass is 32.2. The number of aromatic nitrogens is 2. The van der Waals surface area contributed by atoms with Crippen LogP contribution in [0.25, 0.3) is 16.8 Å². The second-order valence-corrected chi connectivity index (χ2v) is 10.4. The molecule has 1 fully saturated rings. The smallest absolute Gasteiger partial charge is 0.243 e. The Labute approximate surface area is 193 Å². The fourth-order valence-corrected chi connectivity index (χ4v) is 6.49. The molecule has 0 saturated carbocycles. The van der Waals surface area contributed by atoms with Gasteiger partial charge in [0.1, 0.15) is 0 Å². The van der Waals surface area contributed by atoms with E-state index in [0.717, 1.165) is 5.69 Å². The first-order valence-corrected chi connectivity index (χ1v) is 12.6. The molecular weight excluding hydrogens is 432 g/mol. The van der Waals surface area contributed by atoms with Gasteiger partial charge in [0.05, 0.1) is 16.6 Å². The summed E-state index contributed by atoms with van der Waals surface area (Å²) in [5.74, 6) is 0. The molecule has 2 heterocycles. The normalized spacial score (nSPS) is 17.1. The summed E-state index contributed by atoms with van der Waals surface area (Å²) in [6.45, 7) is 2.34. The maximum atomic E-state index is 13.3. The number of hydrogen-bond acceptors (Lipinski definition) is 4. The quantitative estimate of drug-likeness (QED) is 0.467. The van der Waals surface area contributed by atoms with Gasteiger partial charge < -0.3 is 0 Å². The molecular formula is C26H24N4O2S. The first-order valence-electron chi connectivity index (χ1n) is 11.2. The van der Waals surface area contributed by atoms with Crippen LogP contribution in [0.5, 0.6) is 0 Å². The molecule has 2 aliphatic rings. The predicted octanol–water partition coefficient (Wildman–Crippen LogP) is 3.95. The van der Waals surface area contributed by atoms with Crippen molar-refractivity contribution in [1.82, 2.24) is 19.0 Å². The monoisotopic (exact) mass is 456 g/mol. The van der Waals surface area contributed by atoms with Gasteiger partial charge >= 0.3 is 0 Å². The van der Waals surface area contributed by atoms with E-state index in [0.29, 0.717) is 31.1 Å². The largest absolute Gasteiger partial charge is 0.290 e. The van der Waals surface area contributed by atoms with Crippen molar-refractivity contribution in [3.8, 4) is 16.8 Å². The van der Waals surface area contributed by atoms with E-state index in [-0.39, 0.29) is 6.04 Å². The summed E-state index contributed by atoms with van der Waals surface area (Å²) < 4.78 is 29.9. The summed E-state index contributed by atoms with van der Waals surface area (Å²) in [5.41, 5.74) is 6.02. The first-order chi connectivity index (χ1) is 16.1. The minimum atomic E-state index is -3.54. The molecule has 0 N–H and O–H groups in total. The maximum absolute atomic E-state index is 13.3. The van der Waals surface area contributed by atoms with E-state index in [9.17, 15) is 8.42 Å². The summed E-state index contributed by atoms with van der Waals surface area (Å²) in [5, 5.41) is 4.20. The lowest BCUT2D eigenvalue weighted by atomic mass is 10.0. The van der Waals surface area contributed by atoms with Gasteiger partial charge in [0.25, 0.3) is 0 Å². The summed E-state index contributed by atoms with van der Waals surface area (Å²) in [6.07, 6.45) is 3.54. The van der Waals surface area contributed by atoms with Crippen molar-refractivity contribution >= 4 is 10.0 Å². The molecule has 0 atom stereocenters. The Morgan fingerprint density at radius 3 is 1.91 bits per heavy atom. The summed E-state index contributed by atoms with van der Waals surface area (Å²) in [6, 6.07) is 26.0. The third-order valence-corrected chi connectivity index (χ3v) is 8.60. The van der Waals surface area contributed by atoms with E-state index in [2.05, 4.69) is 58.5 Å². The Bertz CT molecular complexity index is 1350. The van der Waals surface area contributed by atoms with Gasteiger partial charge in [-0.2, -0.15) is 9.40 Å². The van der Waals surface area contributed by atoms with Crippen molar-refractivity contribution < 1.29 is 8.42 Å². The van der Waals surface area contributed by atoms with Crippen molar-refractivity contribution in [2.45, 2.75) is 10.9 Å². The van der Waals surface area contributed by atoms with Crippen LogP contribution in [0.2, 0.25) is 0 Å². The van der Waals surface area contributed by atoms with Crippen molar-refractivity contribution in [3.05, 3.63) is 102 Å². The number of benzene rings is 3. The molecule has 1 aliphatic heterocycles. The topological polar surface area (TPSA) is 58.4 Å². The minimum absolute atomic E-state index is 0.176. The van der Waals surface area contributed by atoms with E-state index >= 15 is 0 Å². The Balaban J connectivity index is 1.21. The molecule has 0 amide bonds. The molecule has 6 nitrogen and oxygen atoms in total. The average molecular weight is 457 g/mol. The minimum Gasteiger partial charge on any atom is -0.290 e. The average Bonchev–Trinajstić information content (AvgIpc) is 3.51. The van der Waals surface area contributed by atoms with Crippen LogP contribution in [0.3, 0.4) is 0 Å². The molecule has 0 radical (unpaired) electrons. The third-order valence-electron chi connectivity index (χ3n) is 6.68. The number of sulfonamides is 1. The highest BCUT2D eigenvalue weighted by Gasteiger charge is 2.36. The molecule has 0 bridgehead atoms. The summed E-state index contributed by atoms with van der Waals surface area (Å²) in [4.78, 5) is 2.74. The summed E-state index contributed by atoms with van der Waals surface area (Å²) in [7, 11) is -3.54. The molecule has 1 saturated heterocycles. The van der Waals surface area contributed by atoms with E-state index < -0.39 is 10.0 Å². The van der Waals surface area contributed by atoms with E-state index in [4.69, 9.17) is 0 Å². The van der Waals surface area contributed by atoms with Gasteiger partial charge in [0.15, 0.2) is 0 Å². The zero-order valence-corrected chi connectivity index (χ0v) is 18.9. The molecule has 7 heteroatoms. The number of rotatable bonds is 4. The second-order valence-electron chi connectivity index (χ2n) is 8.46. The van der Waals surface area contributed by atoms with Crippen LogP contribution in [0.1, 0.15) is 17.2 Å². The molecule has 1 aromatic heterocycles. The van der Waals surface area contributed by atoms with Crippen LogP contribution in [0.4, 0.5) is 0 Å². The molecule has 6 rings (SSSR count). The highest BCUT2D eigenvalue weighted by Crippen LogP contribution is 2.46. The number of hydrogen-bond donors (Lipinski definition) is 0. The van der Waals surface area contributed by atoms with Crippen molar-refractivity contribution in [3.63, 3.8) is 0 Å². The van der Waals surface area contributed by atoms with E-state index in [1.165, 1.54) is 22.3 Å². The standard InChI is InChI=1S/C26H24N4O2S/c31-33(32,21-12-10-20(11-13-21)30-15-5-14-27-30)29-18-16-28(17-19-29)26-24-8-3-1-6-22(24)23-7-2-4-9-25(23)26/h1-15,26H,16-19H2. The van der Waals surface area contributed by atoms with E-state index in [1.54, 1.807) is 39.4 Å². The van der Waals surface area contributed by atoms with E-state index in [1.807, 2.05) is 12.3 Å². The van der Waals surface area contributed by atoms with Crippen molar-refractivity contribution in [2.24, 2.45) is 0 Å². The van der Waals surface area contributed by atoms with Gasteiger partial charge in [0, 0.05) is 38.6 Å². The SMILES string of the molecule is O=S(=O)(c1ccc(-n2cccn2)cc1)N1CCN(C2c3ccccc3-c3ccccc32)CC1. The first kappa shape index (κ1) is 20.4. The Morgan fingerprint density at radius 1 is 0.727 bits per heavy atom. The van der Waals surface area contributed by atoms with Gasteiger partial charge in [-0.25, -0.2) is 13.1 Å². The zero-order valence-electron chi connectivity index (χ0n) is 18.1.